The van der Waals surface area contributed by atoms with Gasteiger partial charge in [-0.05, 0) is 32.0 Å². The van der Waals surface area contributed by atoms with Gasteiger partial charge in [-0.1, -0.05) is 0 Å². The summed E-state index contributed by atoms with van der Waals surface area (Å²) in [4.78, 5) is 25.6. The molecule has 3 rings (SSSR count). The van der Waals surface area contributed by atoms with Gasteiger partial charge >= 0.3 is 6.61 Å². The number of aryl methyl sites for hydroxylation is 2. The number of alkyl halides is 2. The van der Waals surface area contributed by atoms with Crippen molar-refractivity contribution in [2.75, 3.05) is 17.2 Å². The molecule has 0 unspecified atom stereocenters. The van der Waals surface area contributed by atoms with Crippen molar-refractivity contribution >= 4 is 23.2 Å². The Morgan fingerprint density at radius 1 is 1.03 bits per heavy atom. The number of halogens is 2. The fourth-order valence-corrected chi connectivity index (χ4v) is 2.91. The van der Waals surface area contributed by atoms with Gasteiger partial charge in [0, 0.05) is 19.7 Å². The van der Waals surface area contributed by atoms with Crippen LogP contribution in [0.25, 0.3) is 0 Å². The summed E-state index contributed by atoms with van der Waals surface area (Å²) in [6, 6.07) is 3.81. The number of nitrogens with one attached hydrogen (secondary N) is 2. The smallest absolute Gasteiger partial charge is 0.387 e. The van der Waals surface area contributed by atoms with Crippen LogP contribution in [0.3, 0.4) is 0 Å². The number of hydrogen-bond donors (Lipinski definition) is 2. The van der Waals surface area contributed by atoms with Gasteiger partial charge < -0.3 is 20.1 Å². The molecule has 10 nitrogen and oxygen atoms in total. The van der Waals surface area contributed by atoms with Crippen LogP contribution in [0.5, 0.6) is 11.5 Å². The van der Waals surface area contributed by atoms with Crippen LogP contribution in [-0.2, 0) is 14.1 Å². The molecule has 2 heterocycles. The van der Waals surface area contributed by atoms with Crippen molar-refractivity contribution in [3.8, 4) is 11.5 Å². The highest BCUT2D eigenvalue weighted by Gasteiger charge is 2.21. The highest BCUT2D eigenvalue weighted by Crippen LogP contribution is 2.30. The van der Waals surface area contributed by atoms with E-state index in [4.69, 9.17) is 4.74 Å². The van der Waals surface area contributed by atoms with Gasteiger partial charge in [0.15, 0.2) is 11.5 Å². The van der Waals surface area contributed by atoms with E-state index >= 15 is 0 Å². The van der Waals surface area contributed by atoms with Crippen LogP contribution in [0.2, 0.25) is 0 Å². The van der Waals surface area contributed by atoms with E-state index < -0.39 is 18.4 Å². The Balaban J connectivity index is 1.82. The first-order valence-corrected chi connectivity index (χ1v) is 9.56. The van der Waals surface area contributed by atoms with Crippen molar-refractivity contribution in [2.24, 2.45) is 14.1 Å². The van der Waals surface area contributed by atoms with E-state index in [2.05, 4.69) is 25.6 Å². The summed E-state index contributed by atoms with van der Waals surface area (Å²) in [7, 11) is 3.30. The fraction of sp³-hybridized carbons (Fsp3) is 0.300. The third-order valence-electron chi connectivity index (χ3n) is 4.61. The second kappa shape index (κ2) is 9.45. The summed E-state index contributed by atoms with van der Waals surface area (Å²) in [6.45, 7) is 0.620. The minimum absolute atomic E-state index is 0.00310. The molecule has 1 aromatic carbocycles. The predicted octanol–water partition coefficient (Wildman–Crippen LogP) is 2.97. The molecule has 0 fully saturated rings. The molecule has 2 aromatic heterocycles. The molecule has 170 valence electrons. The maximum atomic E-state index is 12.8. The molecule has 2 amide bonds. The SMILES string of the molecule is CCOc1cc(C(=O)Nc2cnn(C)c2C(=O)Nc2cnn(C)c2C)ccc1OC(F)F. The molecule has 0 radical (unpaired) electrons. The number of hydrogen-bond acceptors (Lipinski definition) is 6. The van der Waals surface area contributed by atoms with Crippen LogP contribution in [0.4, 0.5) is 20.2 Å². The third-order valence-corrected chi connectivity index (χ3v) is 4.61. The summed E-state index contributed by atoms with van der Waals surface area (Å²) in [5.74, 6) is -1.27. The summed E-state index contributed by atoms with van der Waals surface area (Å²) in [6.07, 6.45) is 2.85. The lowest BCUT2D eigenvalue weighted by Crippen LogP contribution is -2.20. The first-order chi connectivity index (χ1) is 15.2. The van der Waals surface area contributed by atoms with Crippen molar-refractivity contribution in [1.29, 1.82) is 0 Å². The van der Waals surface area contributed by atoms with Crippen LogP contribution in [-0.4, -0.2) is 44.6 Å². The molecule has 0 saturated carbocycles. The Kier molecular flexibility index (Phi) is 6.71. The van der Waals surface area contributed by atoms with E-state index in [-0.39, 0.29) is 35.1 Å². The number of anilines is 2. The van der Waals surface area contributed by atoms with Crippen molar-refractivity contribution in [2.45, 2.75) is 20.5 Å². The number of aromatic nitrogens is 4. The zero-order valence-corrected chi connectivity index (χ0v) is 17.8. The van der Waals surface area contributed by atoms with Gasteiger partial charge in [-0.2, -0.15) is 19.0 Å². The van der Waals surface area contributed by atoms with E-state index in [0.29, 0.717) is 5.69 Å². The highest BCUT2D eigenvalue weighted by molar-refractivity contribution is 6.11. The first-order valence-electron chi connectivity index (χ1n) is 9.56. The Hall–Kier alpha value is -3.96. The number of carbonyl (C=O) groups excluding carboxylic acids is 2. The third kappa shape index (κ3) is 4.85. The lowest BCUT2D eigenvalue weighted by atomic mass is 10.2. The zero-order valence-electron chi connectivity index (χ0n) is 17.8. The van der Waals surface area contributed by atoms with Gasteiger partial charge in [0.05, 0.1) is 36.1 Å². The number of rotatable bonds is 8. The lowest BCUT2D eigenvalue weighted by Gasteiger charge is -2.13. The fourth-order valence-electron chi connectivity index (χ4n) is 2.91. The molecular weight excluding hydrogens is 426 g/mol. The molecule has 0 aliphatic rings. The number of nitrogens with zero attached hydrogens (tertiary/aromatic N) is 4. The number of benzene rings is 1. The summed E-state index contributed by atoms with van der Waals surface area (Å²) in [5.41, 5.74) is 1.67. The summed E-state index contributed by atoms with van der Waals surface area (Å²) < 4.78 is 37.8. The summed E-state index contributed by atoms with van der Waals surface area (Å²) in [5, 5.41) is 13.5. The van der Waals surface area contributed by atoms with Gasteiger partial charge in [-0.25, -0.2) is 0 Å². The number of amides is 2. The van der Waals surface area contributed by atoms with Gasteiger partial charge in [0.1, 0.15) is 5.69 Å². The molecule has 3 aromatic rings. The van der Waals surface area contributed by atoms with E-state index in [1.165, 1.54) is 35.3 Å². The molecule has 0 aliphatic carbocycles. The lowest BCUT2D eigenvalue weighted by molar-refractivity contribution is -0.0514. The molecule has 0 aliphatic heterocycles. The second-order valence-electron chi connectivity index (χ2n) is 6.68. The van der Waals surface area contributed by atoms with E-state index in [9.17, 15) is 18.4 Å². The van der Waals surface area contributed by atoms with Crippen LogP contribution in [0, 0.1) is 6.92 Å². The van der Waals surface area contributed by atoms with Crippen LogP contribution >= 0.6 is 0 Å². The average Bonchev–Trinajstić information content (AvgIpc) is 3.25. The molecular formula is C20H22F2N6O4. The summed E-state index contributed by atoms with van der Waals surface area (Å²) >= 11 is 0. The Morgan fingerprint density at radius 3 is 2.31 bits per heavy atom. The maximum Gasteiger partial charge on any atom is 0.387 e. The number of ether oxygens (including phenoxy) is 2. The second-order valence-corrected chi connectivity index (χ2v) is 6.68. The monoisotopic (exact) mass is 448 g/mol. The Labute approximate surface area is 182 Å². The Bertz CT molecular complexity index is 1140. The maximum absolute atomic E-state index is 12.8. The molecule has 2 N–H and O–H groups in total. The minimum atomic E-state index is -3.03. The van der Waals surface area contributed by atoms with Crippen molar-refractivity contribution in [3.63, 3.8) is 0 Å². The Morgan fingerprint density at radius 2 is 1.69 bits per heavy atom. The van der Waals surface area contributed by atoms with E-state index in [1.54, 1.807) is 32.6 Å². The molecule has 0 bridgehead atoms. The molecule has 32 heavy (non-hydrogen) atoms. The van der Waals surface area contributed by atoms with Crippen LogP contribution < -0.4 is 20.1 Å². The number of carbonyl (C=O) groups is 2. The van der Waals surface area contributed by atoms with Crippen molar-refractivity contribution in [3.05, 3.63) is 47.5 Å². The van der Waals surface area contributed by atoms with E-state index in [1.807, 2.05) is 0 Å². The first kappa shape index (κ1) is 22.7. The highest BCUT2D eigenvalue weighted by atomic mass is 19.3. The van der Waals surface area contributed by atoms with Crippen molar-refractivity contribution < 1.29 is 27.8 Å². The van der Waals surface area contributed by atoms with Crippen LogP contribution in [0.1, 0.15) is 33.5 Å². The van der Waals surface area contributed by atoms with Gasteiger partial charge in [-0.3, -0.25) is 19.0 Å². The quantitative estimate of drug-likeness (QED) is 0.548. The predicted molar refractivity (Wildman–Crippen MR) is 111 cm³/mol. The zero-order chi connectivity index (χ0) is 23.4. The topological polar surface area (TPSA) is 112 Å². The van der Waals surface area contributed by atoms with E-state index in [0.717, 1.165) is 5.69 Å². The molecule has 0 atom stereocenters. The molecule has 0 spiro atoms. The van der Waals surface area contributed by atoms with Crippen LogP contribution in [0.15, 0.2) is 30.6 Å². The van der Waals surface area contributed by atoms with Gasteiger partial charge in [0.25, 0.3) is 11.8 Å². The van der Waals surface area contributed by atoms with Gasteiger partial charge in [0.2, 0.25) is 0 Å². The largest absolute Gasteiger partial charge is 0.490 e. The normalized spacial score (nSPS) is 10.8. The molecule has 12 heteroatoms. The minimum Gasteiger partial charge on any atom is -0.490 e. The van der Waals surface area contributed by atoms with Crippen molar-refractivity contribution in [1.82, 2.24) is 19.6 Å². The standard InChI is InChI=1S/C20H22F2N6O4/c1-5-31-16-8-12(6-7-15(16)32-20(21)22)18(29)26-14-10-24-28(4)17(14)19(30)25-13-9-23-27(3)11(13)2/h6-10,20H,5H2,1-4H3,(H,25,30)(H,26,29). The average molecular weight is 448 g/mol. The molecule has 0 saturated heterocycles. The van der Waals surface area contributed by atoms with Gasteiger partial charge in [-0.15, -0.1) is 0 Å².